The molecule has 2 aliphatic carbocycles. The maximum Gasteiger partial charge on any atom is 0.315 e. The summed E-state index contributed by atoms with van der Waals surface area (Å²) in [5.41, 5.74) is -0.390. The van der Waals surface area contributed by atoms with Crippen LogP contribution < -0.4 is 10.6 Å². The maximum absolute atomic E-state index is 12.2. The number of carboxylic acids is 1. The molecule has 0 aromatic carbocycles. The van der Waals surface area contributed by atoms with Gasteiger partial charge in [-0.1, -0.05) is 40.5 Å². The van der Waals surface area contributed by atoms with E-state index in [1.807, 2.05) is 0 Å². The van der Waals surface area contributed by atoms with Crippen LogP contribution in [0.3, 0.4) is 0 Å². The van der Waals surface area contributed by atoms with Gasteiger partial charge < -0.3 is 15.7 Å². The lowest BCUT2D eigenvalue weighted by Gasteiger charge is -2.29. The number of hydrogen-bond donors (Lipinski definition) is 3. The minimum absolute atomic E-state index is 0.0118. The molecule has 5 heteroatoms. The molecule has 0 atom stereocenters. The van der Waals surface area contributed by atoms with Crippen LogP contribution in [0, 0.1) is 10.8 Å². The van der Waals surface area contributed by atoms with Crippen molar-refractivity contribution in [3.63, 3.8) is 0 Å². The van der Waals surface area contributed by atoms with Crippen molar-refractivity contribution in [2.75, 3.05) is 0 Å². The van der Waals surface area contributed by atoms with E-state index >= 15 is 0 Å². The zero-order chi connectivity index (χ0) is 15.2. The fraction of sp³-hybridized carbons (Fsp3) is 0.867. The summed E-state index contributed by atoms with van der Waals surface area (Å²) >= 11 is 0. The molecule has 114 valence electrons. The van der Waals surface area contributed by atoms with Crippen molar-refractivity contribution in [2.24, 2.45) is 10.8 Å². The highest BCUT2D eigenvalue weighted by molar-refractivity contribution is 5.77. The first-order valence-electron chi connectivity index (χ1n) is 7.41. The van der Waals surface area contributed by atoms with Crippen LogP contribution in [0.25, 0.3) is 0 Å². The Kier molecular flexibility index (Phi) is 3.51. The fourth-order valence-corrected chi connectivity index (χ4v) is 3.65. The highest BCUT2D eigenvalue weighted by Crippen LogP contribution is 2.62. The third-order valence-electron chi connectivity index (χ3n) is 5.73. The molecule has 0 aliphatic heterocycles. The predicted octanol–water partition coefficient (Wildman–Crippen LogP) is 2.51. The van der Waals surface area contributed by atoms with Crippen molar-refractivity contribution in [3.05, 3.63) is 0 Å². The molecule has 2 amide bonds. The Morgan fingerprint density at radius 3 is 2.00 bits per heavy atom. The minimum atomic E-state index is -0.848. The fourth-order valence-electron chi connectivity index (χ4n) is 3.65. The number of amides is 2. The molecule has 5 nitrogen and oxygen atoms in total. The van der Waals surface area contributed by atoms with Crippen molar-refractivity contribution in [2.45, 2.75) is 71.4 Å². The number of rotatable bonds is 4. The van der Waals surface area contributed by atoms with Crippen molar-refractivity contribution < 1.29 is 14.7 Å². The molecule has 2 rings (SSSR count). The average molecular weight is 282 g/mol. The molecule has 0 radical (unpaired) electrons. The second-order valence-corrected chi connectivity index (χ2v) is 7.53. The quantitative estimate of drug-likeness (QED) is 0.741. The molecule has 0 saturated heterocycles. The SMILES string of the molecule is CC1(C)C(NC(=O)NC2(CC(=O)O)CCCC2)C1(C)C. The Morgan fingerprint density at radius 1 is 1.10 bits per heavy atom. The normalized spacial score (nSPS) is 26.0. The zero-order valence-corrected chi connectivity index (χ0v) is 12.9. The van der Waals surface area contributed by atoms with Gasteiger partial charge in [0.25, 0.3) is 0 Å². The molecule has 20 heavy (non-hydrogen) atoms. The van der Waals surface area contributed by atoms with E-state index < -0.39 is 11.5 Å². The summed E-state index contributed by atoms with van der Waals surface area (Å²) in [6, 6.07) is -0.0879. The molecule has 2 fully saturated rings. The summed E-state index contributed by atoms with van der Waals surface area (Å²) in [6.45, 7) is 8.56. The Balaban J connectivity index is 1.95. The maximum atomic E-state index is 12.2. The summed E-state index contributed by atoms with van der Waals surface area (Å²) < 4.78 is 0. The van der Waals surface area contributed by atoms with E-state index in [2.05, 4.69) is 38.3 Å². The summed E-state index contributed by atoms with van der Waals surface area (Å²) in [5.74, 6) is -0.848. The molecule has 0 heterocycles. The first kappa shape index (κ1) is 15.1. The Hall–Kier alpha value is -1.26. The van der Waals surface area contributed by atoms with Crippen LogP contribution in [0.4, 0.5) is 4.79 Å². The van der Waals surface area contributed by atoms with E-state index in [1.165, 1.54) is 0 Å². The third-order valence-corrected chi connectivity index (χ3v) is 5.73. The molecule has 0 bridgehead atoms. The number of nitrogens with one attached hydrogen (secondary N) is 2. The molecule has 0 unspecified atom stereocenters. The third kappa shape index (κ3) is 2.50. The van der Waals surface area contributed by atoms with Gasteiger partial charge in [-0.05, 0) is 23.7 Å². The molecular weight excluding hydrogens is 256 g/mol. The van der Waals surface area contributed by atoms with Gasteiger partial charge in [-0.2, -0.15) is 0 Å². The average Bonchev–Trinajstić information content (AvgIpc) is 2.68. The number of carboxylic acid groups (broad SMARTS) is 1. The molecule has 0 aromatic rings. The Morgan fingerprint density at radius 2 is 1.60 bits per heavy atom. The molecule has 0 spiro atoms. The van der Waals surface area contributed by atoms with Crippen LogP contribution in [0.5, 0.6) is 0 Å². The minimum Gasteiger partial charge on any atom is -0.481 e. The van der Waals surface area contributed by atoms with Gasteiger partial charge in [-0.15, -0.1) is 0 Å². The van der Waals surface area contributed by atoms with Gasteiger partial charge in [0.15, 0.2) is 0 Å². The van der Waals surface area contributed by atoms with Gasteiger partial charge in [0, 0.05) is 6.04 Å². The zero-order valence-electron chi connectivity index (χ0n) is 12.9. The van der Waals surface area contributed by atoms with E-state index in [-0.39, 0.29) is 29.3 Å². The summed E-state index contributed by atoms with van der Waals surface area (Å²) in [4.78, 5) is 23.2. The van der Waals surface area contributed by atoms with E-state index in [9.17, 15) is 9.59 Å². The van der Waals surface area contributed by atoms with Crippen molar-refractivity contribution in [1.29, 1.82) is 0 Å². The monoisotopic (exact) mass is 282 g/mol. The first-order chi connectivity index (χ1) is 9.11. The van der Waals surface area contributed by atoms with E-state index in [1.54, 1.807) is 0 Å². The molecule has 0 aromatic heterocycles. The summed E-state index contributed by atoms with van der Waals surface area (Å²) in [5, 5.41) is 15.0. The second-order valence-electron chi connectivity index (χ2n) is 7.53. The largest absolute Gasteiger partial charge is 0.481 e. The van der Waals surface area contributed by atoms with Crippen molar-refractivity contribution in [1.82, 2.24) is 10.6 Å². The summed E-state index contributed by atoms with van der Waals surface area (Å²) in [6.07, 6.45) is 3.48. The first-order valence-corrected chi connectivity index (χ1v) is 7.41. The lowest BCUT2D eigenvalue weighted by molar-refractivity contribution is -0.138. The van der Waals surface area contributed by atoms with Gasteiger partial charge in [0.2, 0.25) is 0 Å². The highest BCUT2D eigenvalue weighted by Gasteiger charge is 2.65. The summed E-state index contributed by atoms with van der Waals surface area (Å²) in [7, 11) is 0. The van der Waals surface area contributed by atoms with Crippen molar-refractivity contribution in [3.8, 4) is 0 Å². The van der Waals surface area contributed by atoms with E-state index in [0.717, 1.165) is 25.7 Å². The predicted molar refractivity (Wildman–Crippen MR) is 76.5 cm³/mol. The van der Waals surface area contributed by atoms with Crippen LogP contribution in [0.2, 0.25) is 0 Å². The van der Waals surface area contributed by atoms with E-state index in [4.69, 9.17) is 5.11 Å². The van der Waals surface area contributed by atoms with Crippen LogP contribution in [0.1, 0.15) is 59.8 Å². The Labute approximate surface area is 120 Å². The number of urea groups is 1. The number of carbonyl (C=O) groups is 2. The number of aliphatic carboxylic acids is 1. The van der Waals surface area contributed by atoms with Crippen LogP contribution in [0.15, 0.2) is 0 Å². The lowest BCUT2D eigenvalue weighted by Crippen LogP contribution is -2.52. The molecule has 3 N–H and O–H groups in total. The van der Waals surface area contributed by atoms with Gasteiger partial charge in [-0.3, -0.25) is 4.79 Å². The highest BCUT2D eigenvalue weighted by atomic mass is 16.4. The second kappa shape index (κ2) is 4.64. The Bertz CT molecular complexity index is 409. The van der Waals surface area contributed by atoms with Crippen LogP contribution in [-0.4, -0.2) is 28.7 Å². The number of carbonyl (C=O) groups excluding carboxylic acids is 1. The van der Waals surface area contributed by atoms with Gasteiger partial charge in [-0.25, -0.2) is 4.79 Å². The van der Waals surface area contributed by atoms with Gasteiger partial charge in [0.1, 0.15) is 0 Å². The molecular formula is C15H26N2O3. The van der Waals surface area contributed by atoms with Crippen LogP contribution in [-0.2, 0) is 4.79 Å². The number of hydrogen-bond acceptors (Lipinski definition) is 2. The topological polar surface area (TPSA) is 78.4 Å². The molecule has 2 saturated carbocycles. The lowest BCUT2D eigenvalue weighted by atomic mass is 9.93. The van der Waals surface area contributed by atoms with Gasteiger partial charge in [0.05, 0.1) is 12.0 Å². The van der Waals surface area contributed by atoms with Crippen LogP contribution >= 0.6 is 0 Å². The van der Waals surface area contributed by atoms with Gasteiger partial charge >= 0.3 is 12.0 Å². The smallest absolute Gasteiger partial charge is 0.315 e. The standard InChI is InChI=1S/C15H26N2O3/c1-13(2)11(14(13,3)4)16-12(20)17-15(9-10(18)19)7-5-6-8-15/h11H,5-9H2,1-4H3,(H,18,19)(H2,16,17,20). The van der Waals surface area contributed by atoms with E-state index in [0.29, 0.717) is 0 Å². The van der Waals surface area contributed by atoms with Crippen molar-refractivity contribution >= 4 is 12.0 Å². The molecule has 2 aliphatic rings.